The maximum atomic E-state index is 12.3. The van der Waals surface area contributed by atoms with Gasteiger partial charge in [0.2, 0.25) is 5.91 Å². The van der Waals surface area contributed by atoms with Gasteiger partial charge in [-0.15, -0.1) is 0 Å². The molecule has 0 spiro atoms. The van der Waals surface area contributed by atoms with E-state index in [-0.39, 0.29) is 17.9 Å². The molecule has 0 radical (unpaired) electrons. The normalized spacial score (nSPS) is 17.2. The van der Waals surface area contributed by atoms with E-state index in [0.717, 1.165) is 12.8 Å². The van der Waals surface area contributed by atoms with Crippen molar-refractivity contribution in [3.8, 4) is 0 Å². The summed E-state index contributed by atoms with van der Waals surface area (Å²) in [7, 11) is 0. The number of nitrogens with one attached hydrogen (secondary N) is 2. The predicted molar refractivity (Wildman–Crippen MR) is 89.0 cm³/mol. The van der Waals surface area contributed by atoms with Crippen LogP contribution in [-0.4, -0.2) is 17.9 Å². The fourth-order valence-electron chi connectivity index (χ4n) is 2.94. The Morgan fingerprint density at radius 2 is 1.74 bits per heavy atom. The molecule has 1 aliphatic rings. The van der Waals surface area contributed by atoms with Gasteiger partial charge in [0.25, 0.3) is 5.91 Å². The summed E-state index contributed by atoms with van der Waals surface area (Å²) in [6.45, 7) is 1.71. The fourth-order valence-corrected chi connectivity index (χ4v) is 2.94. The molecule has 118 valence electrons. The van der Waals surface area contributed by atoms with E-state index in [1.54, 1.807) is 31.2 Å². The molecule has 2 aromatic carbocycles. The van der Waals surface area contributed by atoms with Gasteiger partial charge in [-0.1, -0.05) is 42.5 Å². The van der Waals surface area contributed by atoms with Crippen molar-refractivity contribution < 1.29 is 9.59 Å². The van der Waals surface area contributed by atoms with Crippen molar-refractivity contribution in [1.82, 2.24) is 10.6 Å². The summed E-state index contributed by atoms with van der Waals surface area (Å²) in [4.78, 5) is 24.5. The average Bonchev–Trinajstić information content (AvgIpc) is 2.98. The molecule has 2 N–H and O–H groups in total. The van der Waals surface area contributed by atoms with E-state index in [9.17, 15) is 9.59 Å². The van der Waals surface area contributed by atoms with Crippen molar-refractivity contribution in [2.45, 2.75) is 31.8 Å². The third-order valence-corrected chi connectivity index (χ3v) is 4.23. The van der Waals surface area contributed by atoms with Gasteiger partial charge in [0.1, 0.15) is 6.04 Å². The highest BCUT2D eigenvalue weighted by Gasteiger charge is 2.25. The Balaban J connectivity index is 1.60. The molecule has 2 aromatic rings. The Hall–Kier alpha value is -2.62. The summed E-state index contributed by atoms with van der Waals surface area (Å²) < 4.78 is 0. The third-order valence-electron chi connectivity index (χ3n) is 4.23. The number of hydrogen-bond donors (Lipinski definition) is 2. The first-order valence-electron chi connectivity index (χ1n) is 7.89. The van der Waals surface area contributed by atoms with E-state index in [1.807, 2.05) is 18.2 Å². The van der Waals surface area contributed by atoms with E-state index in [4.69, 9.17) is 0 Å². The van der Waals surface area contributed by atoms with Crippen LogP contribution in [0.25, 0.3) is 0 Å². The zero-order valence-electron chi connectivity index (χ0n) is 13.1. The highest BCUT2D eigenvalue weighted by atomic mass is 16.2. The average molecular weight is 308 g/mol. The Kier molecular flexibility index (Phi) is 4.42. The van der Waals surface area contributed by atoms with Crippen molar-refractivity contribution in [3.63, 3.8) is 0 Å². The van der Waals surface area contributed by atoms with E-state index in [1.165, 1.54) is 11.1 Å². The molecule has 4 nitrogen and oxygen atoms in total. The third kappa shape index (κ3) is 3.42. The number of carbonyl (C=O) groups excluding carboxylic acids is 2. The van der Waals surface area contributed by atoms with Crippen LogP contribution < -0.4 is 10.6 Å². The SMILES string of the molecule is CC(NC(=O)c1ccccc1)C(=O)NC1CCc2ccccc21. The lowest BCUT2D eigenvalue weighted by Gasteiger charge is -2.19. The Labute approximate surface area is 135 Å². The van der Waals surface area contributed by atoms with Gasteiger partial charge in [-0.25, -0.2) is 0 Å². The lowest BCUT2D eigenvalue weighted by Crippen LogP contribution is -2.45. The minimum absolute atomic E-state index is 0.0368. The van der Waals surface area contributed by atoms with Gasteiger partial charge in [0.15, 0.2) is 0 Å². The summed E-state index contributed by atoms with van der Waals surface area (Å²) in [6.07, 6.45) is 1.89. The molecule has 0 aliphatic heterocycles. The van der Waals surface area contributed by atoms with Crippen molar-refractivity contribution in [2.75, 3.05) is 0 Å². The molecule has 2 atom stereocenters. The molecular weight excluding hydrogens is 288 g/mol. The molecule has 0 saturated carbocycles. The fraction of sp³-hybridized carbons (Fsp3) is 0.263. The van der Waals surface area contributed by atoms with E-state index in [0.29, 0.717) is 5.56 Å². The van der Waals surface area contributed by atoms with Crippen LogP contribution >= 0.6 is 0 Å². The molecule has 0 heterocycles. The first kappa shape index (κ1) is 15.3. The molecule has 0 saturated heterocycles. The molecule has 0 fully saturated rings. The molecular formula is C19H20N2O2. The lowest BCUT2D eigenvalue weighted by molar-refractivity contribution is -0.123. The number of carbonyl (C=O) groups is 2. The first-order valence-corrected chi connectivity index (χ1v) is 7.89. The molecule has 2 unspecified atom stereocenters. The van der Waals surface area contributed by atoms with E-state index >= 15 is 0 Å². The van der Waals surface area contributed by atoms with Crippen molar-refractivity contribution in [1.29, 1.82) is 0 Å². The molecule has 4 heteroatoms. The first-order chi connectivity index (χ1) is 11.1. The molecule has 3 rings (SSSR count). The molecule has 1 aliphatic carbocycles. The van der Waals surface area contributed by atoms with Crippen LogP contribution in [0.15, 0.2) is 54.6 Å². The summed E-state index contributed by atoms with van der Waals surface area (Å²) in [5, 5.41) is 5.78. The smallest absolute Gasteiger partial charge is 0.251 e. The Morgan fingerprint density at radius 3 is 2.52 bits per heavy atom. The van der Waals surface area contributed by atoms with Gasteiger partial charge in [-0.05, 0) is 43.0 Å². The highest BCUT2D eigenvalue weighted by Crippen LogP contribution is 2.30. The topological polar surface area (TPSA) is 58.2 Å². The number of fused-ring (bicyclic) bond motifs is 1. The van der Waals surface area contributed by atoms with Crippen LogP contribution in [0.5, 0.6) is 0 Å². The maximum Gasteiger partial charge on any atom is 0.251 e. The number of amides is 2. The summed E-state index contributed by atoms with van der Waals surface area (Å²) in [5.41, 5.74) is 3.03. The Bertz CT molecular complexity index is 712. The second kappa shape index (κ2) is 6.65. The molecule has 2 amide bonds. The summed E-state index contributed by atoms with van der Waals surface area (Å²) in [5.74, 6) is -0.393. The minimum Gasteiger partial charge on any atom is -0.348 e. The minimum atomic E-state index is -0.574. The second-order valence-corrected chi connectivity index (χ2v) is 5.86. The van der Waals surface area contributed by atoms with Crippen LogP contribution in [0.2, 0.25) is 0 Å². The summed E-state index contributed by atoms with van der Waals surface area (Å²) in [6, 6.07) is 16.5. The predicted octanol–water partition coefficient (Wildman–Crippen LogP) is 2.61. The van der Waals surface area contributed by atoms with Crippen molar-refractivity contribution in [2.24, 2.45) is 0 Å². The van der Waals surface area contributed by atoms with Gasteiger partial charge in [-0.2, -0.15) is 0 Å². The van der Waals surface area contributed by atoms with Crippen molar-refractivity contribution in [3.05, 3.63) is 71.3 Å². The van der Waals surface area contributed by atoms with Crippen LogP contribution in [0, 0.1) is 0 Å². The summed E-state index contributed by atoms with van der Waals surface area (Å²) >= 11 is 0. The quantitative estimate of drug-likeness (QED) is 0.912. The second-order valence-electron chi connectivity index (χ2n) is 5.86. The highest BCUT2D eigenvalue weighted by molar-refractivity contribution is 5.97. The van der Waals surface area contributed by atoms with Gasteiger partial charge in [-0.3, -0.25) is 9.59 Å². The van der Waals surface area contributed by atoms with Crippen LogP contribution in [0.3, 0.4) is 0 Å². The maximum absolute atomic E-state index is 12.3. The van der Waals surface area contributed by atoms with Gasteiger partial charge in [0, 0.05) is 5.56 Å². The number of hydrogen-bond acceptors (Lipinski definition) is 2. The largest absolute Gasteiger partial charge is 0.348 e. The van der Waals surface area contributed by atoms with Crippen LogP contribution in [0.1, 0.15) is 40.9 Å². The molecule has 0 aromatic heterocycles. The molecule has 23 heavy (non-hydrogen) atoms. The van der Waals surface area contributed by atoms with E-state index in [2.05, 4.69) is 22.8 Å². The number of aryl methyl sites for hydroxylation is 1. The Morgan fingerprint density at radius 1 is 1.04 bits per heavy atom. The standard InChI is InChI=1S/C19H20N2O2/c1-13(20-19(23)15-8-3-2-4-9-15)18(22)21-17-12-11-14-7-5-6-10-16(14)17/h2-10,13,17H,11-12H2,1H3,(H,20,23)(H,21,22). The lowest BCUT2D eigenvalue weighted by atomic mass is 10.1. The van der Waals surface area contributed by atoms with Crippen LogP contribution in [0.4, 0.5) is 0 Å². The monoisotopic (exact) mass is 308 g/mol. The van der Waals surface area contributed by atoms with E-state index < -0.39 is 6.04 Å². The number of benzene rings is 2. The number of rotatable bonds is 4. The van der Waals surface area contributed by atoms with Crippen LogP contribution in [-0.2, 0) is 11.2 Å². The molecule has 0 bridgehead atoms. The van der Waals surface area contributed by atoms with Crippen molar-refractivity contribution >= 4 is 11.8 Å². The van der Waals surface area contributed by atoms with Gasteiger partial charge >= 0.3 is 0 Å². The zero-order chi connectivity index (χ0) is 16.2. The van der Waals surface area contributed by atoms with Gasteiger partial charge < -0.3 is 10.6 Å². The van der Waals surface area contributed by atoms with Gasteiger partial charge in [0.05, 0.1) is 6.04 Å². The zero-order valence-corrected chi connectivity index (χ0v) is 13.1.